The Kier molecular flexibility index (Phi) is 6.40. The smallest absolute Gasteiger partial charge is 0.214 e. The summed E-state index contributed by atoms with van der Waals surface area (Å²) in [5.74, 6) is 0.207. The van der Waals surface area contributed by atoms with Gasteiger partial charge in [-0.1, -0.05) is 12.1 Å². The molecule has 2 aliphatic heterocycles. The third kappa shape index (κ3) is 4.92. The number of benzene rings is 1. The largest absolute Gasteiger partial charge is 0.378 e. The van der Waals surface area contributed by atoms with Gasteiger partial charge in [0, 0.05) is 31.1 Å². The summed E-state index contributed by atoms with van der Waals surface area (Å²) in [7, 11) is 0. The average molecular weight is 365 g/mol. The molecule has 1 atom stereocenters. The van der Waals surface area contributed by atoms with Crippen LogP contribution in [0.1, 0.15) is 11.5 Å². The Labute approximate surface area is 152 Å². The summed E-state index contributed by atoms with van der Waals surface area (Å²) in [6.45, 7) is 5.31. The Hall–Kier alpha value is -2.19. The number of nitro groups is 1. The van der Waals surface area contributed by atoms with Crippen molar-refractivity contribution in [1.29, 1.82) is 0 Å². The van der Waals surface area contributed by atoms with Crippen LogP contribution in [0, 0.1) is 15.9 Å². The topological polar surface area (TPSA) is 68.1 Å². The van der Waals surface area contributed by atoms with Crippen LogP contribution in [-0.2, 0) is 9.47 Å². The van der Waals surface area contributed by atoms with Gasteiger partial charge in [-0.05, 0) is 23.8 Å². The SMILES string of the molecule is O=[N+]([O-])CC(C=C(N1CCOCC1)N1CCOCC1)c1ccc(F)cc1. The molecule has 3 rings (SSSR count). The summed E-state index contributed by atoms with van der Waals surface area (Å²) < 4.78 is 24.1. The summed E-state index contributed by atoms with van der Waals surface area (Å²) in [6, 6.07) is 5.94. The molecule has 26 heavy (non-hydrogen) atoms. The minimum atomic E-state index is -0.425. The van der Waals surface area contributed by atoms with E-state index in [0.717, 1.165) is 37.6 Å². The predicted octanol–water partition coefficient (Wildman–Crippen LogP) is 1.69. The Balaban J connectivity index is 1.91. The Morgan fingerprint density at radius 2 is 1.58 bits per heavy atom. The molecule has 1 unspecified atom stereocenters. The highest BCUT2D eigenvalue weighted by Crippen LogP contribution is 2.24. The van der Waals surface area contributed by atoms with Crippen LogP contribution < -0.4 is 0 Å². The zero-order chi connectivity index (χ0) is 18.4. The zero-order valence-corrected chi connectivity index (χ0v) is 14.7. The molecular weight excluding hydrogens is 341 g/mol. The Bertz CT molecular complexity index is 606. The maximum Gasteiger partial charge on any atom is 0.214 e. The van der Waals surface area contributed by atoms with E-state index in [1.807, 2.05) is 6.08 Å². The second-order valence-electron chi connectivity index (χ2n) is 6.40. The maximum absolute atomic E-state index is 13.3. The quantitative estimate of drug-likeness (QED) is 0.565. The van der Waals surface area contributed by atoms with Crippen LogP contribution in [0.5, 0.6) is 0 Å². The lowest BCUT2D eigenvalue weighted by Crippen LogP contribution is -2.46. The molecule has 0 radical (unpaired) electrons. The second-order valence-corrected chi connectivity index (χ2v) is 6.40. The van der Waals surface area contributed by atoms with Gasteiger partial charge in [-0.25, -0.2) is 4.39 Å². The van der Waals surface area contributed by atoms with E-state index in [9.17, 15) is 14.5 Å². The summed E-state index contributed by atoms with van der Waals surface area (Å²) in [5, 5.41) is 11.2. The number of hydrogen-bond acceptors (Lipinski definition) is 6. The van der Waals surface area contributed by atoms with Crippen LogP contribution in [0.4, 0.5) is 4.39 Å². The van der Waals surface area contributed by atoms with Crippen LogP contribution in [0.15, 0.2) is 36.2 Å². The van der Waals surface area contributed by atoms with Crippen molar-refractivity contribution in [1.82, 2.24) is 9.80 Å². The molecule has 0 saturated carbocycles. The van der Waals surface area contributed by atoms with Crippen LogP contribution in [-0.4, -0.2) is 73.9 Å². The molecule has 0 amide bonds. The van der Waals surface area contributed by atoms with Crippen molar-refractivity contribution in [2.45, 2.75) is 5.92 Å². The van der Waals surface area contributed by atoms with Crippen LogP contribution in [0.2, 0.25) is 0 Å². The highest BCUT2D eigenvalue weighted by atomic mass is 19.1. The minimum absolute atomic E-state index is 0.232. The fourth-order valence-corrected chi connectivity index (χ4v) is 3.30. The first-order valence-electron chi connectivity index (χ1n) is 8.88. The van der Waals surface area contributed by atoms with Gasteiger partial charge in [0.25, 0.3) is 0 Å². The molecule has 1 aromatic rings. The van der Waals surface area contributed by atoms with E-state index in [1.165, 1.54) is 12.1 Å². The third-order valence-corrected chi connectivity index (χ3v) is 4.66. The molecule has 0 aromatic heterocycles. The van der Waals surface area contributed by atoms with Crippen LogP contribution >= 0.6 is 0 Å². The van der Waals surface area contributed by atoms with Gasteiger partial charge in [-0.3, -0.25) is 10.1 Å². The van der Waals surface area contributed by atoms with Crippen molar-refractivity contribution in [3.63, 3.8) is 0 Å². The van der Waals surface area contributed by atoms with E-state index in [1.54, 1.807) is 12.1 Å². The van der Waals surface area contributed by atoms with Gasteiger partial charge in [-0.15, -0.1) is 0 Å². The molecule has 2 fully saturated rings. The molecule has 142 valence electrons. The van der Waals surface area contributed by atoms with E-state index < -0.39 is 5.92 Å². The van der Waals surface area contributed by atoms with Gasteiger partial charge in [0.05, 0.1) is 32.3 Å². The standard InChI is InChI=1S/C18H24FN3O4/c19-17-3-1-15(2-4-17)16(14-22(23)24)13-18(20-5-9-25-10-6-20)21-7-11-26-12-8-21/h1-4,13,16H,5-12,14H2. The van der Waals surface area contributed by atoms with Gasteiger partial charge < -0.3 is 19.3 Å². The summed E-state index contributed by atoms with van der Waals surface area (Å²) in [5.41, 5.74) is 0.738. The maximum atomic E-state index is 13.3. The number of halogens is 1. The molecule has 8 heteroatoms. The second kappa shape index (κ2) is 8.95. The van der Waals surface area contributed by atoms with Gasteiger partial charge in [-0.2, -0.15) is 0 Å². The van der Waals surface area contributed by atoms with Gasteiger partial charge in [0.2, 0.25) is 6.54 Å². The third-order valence-electron chi connectivity index (χ3n) is 4.66. The molecule has 2 aliphatic rings. The first-order chi connectivity index (χ1) is 12.6. The van der Waals surface area contributed by atoms with Gasteiger partial charge in [0.15, 0.2) is 0 Å². The summed E-state index contributed by atoms with van der Waals surface area (Å²) in [4.78, 5) is 15.3. The Morgan fingerprint density at radius 1 is 1.08 bits per heavy atom. The number of morpholine rings is 2. The first-order valence-corrected chi connectivity index (χ1v) is 8.88. The van der Waals surface area contributed by atoms with Crippen LogP contribution in [0.3, 0.4) is 0 Å². The van der Waals surface area contributed by atoms with Crippen molar-refractivity contribution in [2.24, 2.45) is 0 Å². The van der Waals surface area contributed by atoms with E-state index in [-0.39, 0.29) is 17.3 Å². The van der Waals surface area contributed by atoms with Crippen molar-refractivity contribution in [3.8, 4) is 0 Å². The average Bonchev–Trinajstić information content (AvgIpc) is 2.67. The lowest BCUT2D eigenvalue weighted by atomic mass is 9.98. The molecule has 2 saturated heterocycles. The van der Waals surface area contributed by atoms with Crippen molar-refractivity contribution in [3.05, 3.63) is 57.7 Å². The highest BCUT2D eigenvalue weighted by molar-refractivity contribution is 5.26. The fourth-order valence-electron chi connectivity index (χ4n) is 3.30. The van der Waals surface area contributed by atoms with Crippen LogP contribution in [0.25, 0.3) is 0 Å². The van der Waals surface area contributed by atoms with Crippen molar-refractivity contribution >= 4 is 0 Å². The first kappa shape index (κ1) is 18.6. The molecule has 0 aliphatic carbocycles. The van der Waals surface area contributed by atoms with E-state index in [4.69, 9.17) is 9.47 Å². The van der Waals surface area contributed by atoms with Crippen molar-refractivity contribution in [2.75, 3.05) is 59.2 Å². The monoisotopic (exact) mass is 365 g/mol. The number of rotatable bonds is 6. The number of hydrogen-bond donors (Lipinski definition) is 0. The Morgan fingerprint density at radius 3 is 2.04 bits per heavy atom. The van der Waals surface area contributed by atoms with E-state index in [0.29, 0.717) is 26.4 Å². The summed E-state index contributed by atoms with van der Waals surface area (Å²) in [6.07, 6.45) is 1.95. The zero-order valence-electron chi connectivity index (χ0n) is 14.7. The normalized spacial score (nSPS) is 19.1. The lowest BCUT2D eigenvalue weighted by Gasteiger charge is -2.40. The number of ether oxygens (including phenoxy) is 2. The molecule has 0 spiro atoms. The fraction of sp³-hybridized carbons (Fsp3) is 0.556. The van der Waals surface area contributed by atoms with E-state index >= 15 is 0 Å². The molecule has 1 aromatic carbocycles. The molecule has 0 N–H and O–H groups in total. The van der Waals surface area contributed by atoms with Gasteiger partial charge >= 0.3 is 0 Å². The van der Waals surface area contributed by atoms with Gasteiger partial charge in [0.1, 0.15) is 11.6 Å². The number of nitrogens with zero attached hydrogens (tertiary/aromatic N) is 3. The molecule has 7 nitrogen and oxygen atoms in total. The lowest BCUT2D eigenvalue weighted by molar-refractivity contribution is -0.481. The molecule has 2 heterocycles. The van der Waals surface area contributed by atoms with Crippen molar-refractivity contribution < 1.29 is 18.8 Å². The molecule has 0 bridgehead atoms. The summed E-state index contributed by atoms with van der Waals surface area (Å²) >= 11 is 0. The molecular formula is C18H24FN3O4. The minimum Gasteiger partial charge on any atom is -0.378 e. The predicted molar refractivity (Wildman–Crippen MR) is 93.9 cm³/mol. The highest BCUT2D eigenvalue weighted by Gasteiger charge is 2.25. The van der Waals surface area contributed by atoms with E-state index in [2.05, 4.69) is 9.80 Å².